The quantitative estimate of drug-likeness (QED) is 0.745. The van der Waals surface area contributed by atoms with E-state index in [1.807, 2.05) is 24.3 Å². The van der Waals surface area contributed by atoms with Gasteiger partial charge in [-0.05, 0) is 37.1 Å². The Kier molecular flexibility index (Phi) is 4.99. The van der Waals surface area contributed by atoms with Gasteiger partial charge < -0.3 is 4.90 Å². The van der Waals surface area contributed by atoms with Crippen molar-refractivity contribution in [2.75, 3.05) is 16.4 Å². The van der Waals surface area contributed by atoms with E-state index in [1.54, 1.807) is 11.8 Å². The standard InChI is InChI=1S/C20H21ClN2O2S2/c1-13-7-8-18(14(2)9-13)23-19-12-27(24,25)11-17(19)22-20(23)26-10-15-5-3-4-6-16(15)21/h3-9,17,19H,10-12H2,1-2H3/t17-,19+/m0/s1. The van der Waals surface area contributed by atoms with Crippen molar-refractivity contribution in [2.45, 2.75) is 31.7 Å². The summed E-state index contributed by atoms with van der Waals surface area (Å²) in [7, 11) is -3.04. The van der Waals surface area contributed by atoms with E-state index >= 15 is 0 Å². The molecule has 7 heteroatoms. The van der Waals surface area contributed by atoms with Crippen LogP contribution < -0.4 is 4.90 Å². The molecule has 2 heterocycles. The number of aryl methyl sites for hydroxylation is 2. The van der Waals surface area contributed by atoms with Crippen LogP contribution in [-0.2, 0) is 15.6 Å². The number of halogens is 1. The van der Waals surface area contributed by atoms with Crippen molar-refractivity contribution in [1.29, 1.82) is 0 Å². The van der Waals surface area contributed by atoms with Gasteiger partial charge in [0.05, 0.1) is 23.6 Å². The first-order valence-electron chi connectivity index (χ1n) is 8.85. The maximum absolute atomic E-state index is 12.2. The first-order chi connectivity index (χ1) is 12.8. The van der Waals surface area contributed by atoms with Crippen LogP contribution in [0.3, 0.4) is 0 Å². The maximum atomic E-state index is 12.2. The average molecular weight is 421 g/mol. The average Bonchev–Trinajstić information content (AvgIpc) is 3.06. The van der Waals surface area contributed by atoms with Crippen molar-refractivity contribution in [3.05, 3.63) is 64.2 Å². The normalized spacial score (nSPS) is 23.4. The number of nitrogens with zero attached hydrogens (tertiary/aromatic N) is 2. The number of thioether (sulfide) groups is 1. The molecule has 0 bridgehead atoms. The molecule has 0 N–H and O–H groups in total. The molecule has 2 aliphatic heterocycles. The molecule has 0 spiro atoms. The molecule has 2 aromatic rings. The summed E-state index contributed by atoms with van der Waals surface area (Å²) < 4.78 is 24.3. The second-order valence-electron chi connectivity index (χ2n) is 7.16. The second kappa shape index (κ2) is 7.15. The van der Waals surface area contributed by atoms with Gasteiger partial charge in [-0.3, -0.25) is 4.99 Å². The largest absolute Gasteiger partial charge is 0.315 e. The zero-order valence-corrected chi connectivity index (χ0v) is 17.6. The van der Waals surface area contributed by atoms with Crippen molar-refractivity contribution in [2.24, 2.45) is 4.99 Å². The first-order valence-corrected chi connectivity index (χ1v) is 12.0. The molecule has 27 heavy (non-hydrogen) atoms. The molecule has 0 unspecified atom stereocenters. The van der Waals surface area contributed by atoms with E-state index in [1.165, 1.54) is 5.56 Å². The predicted molar refractivity (Wildman–Crippen MR) is 115 cm³/mol. The predicted octanol–water partition coefficient (Wildman–Crippen LogP) is 4.23. The fourth-order valence-corrected chi connectivity index (χ4v) is 6.99. The second-order valence-corrected chi connectivity index (χ2v) is 10.7. The molecule has 0 aromatic heterocycles. The number of rotatable bonds is 3. The van der Waals surface area contributed by atoms with Crippen LogP contribution in [0.15, 0.2) is 47.5 Å². The van der Waals surface area contributed by atoms with Crippen LogP contribution in [0.2, 0.25) is 5.02 Å². The van der Waals surface area contributed by atoms with Gasteiger partial charge in [0.25, 0.3) is 0 Å². The van der Waals surface area contributed by atoms with Gasteiger partial charge in [-0.15, -0.1) is 0 Å². The SMILES string of the molecule is Cc1ccc(N2C(SCc3ccccc3Cl)=N[C@H]3CS(=O)(=O)C[C@H]32)c(C)c1. The Morgan fingerprint density at radius 3 is 2.70 bits per heavy atom. The van der Waals surface area contributed by atoms with Crippen molar-refractivity contribution < 1.29 is 8.42 Å². The number of hydrogen-bond acceptors (Lipinski definition) is 5. The lowest BCUT2D eigenvalue weighted by molar-refractivity contribution is 0.601. The van der Waals surface area contributed by atoms with E-state index < -0.39 is 9.84 Å². The van der Waals surface area contributed by atoms with Gasteiger partial charge >= 0.3 is 0 Å². The molecule has 4 nitrogen and oxygen atoms in total. The van der Waals surface area contributed by atoms with Gasteiger partial charge in [0.15, 0.2) is 15.0 Å². The van der Waals surface area contributed by atoms with Gasteiger partial charge in [-0.1, -0.05) is 59.3 Å². The highest BCUT2D eigenvalue weighted by Gasteiger charge is 2.47. The Morgan fingerprint density at radius 1 is 1.19 bits per heavy atom. The van der Waals surface area contributed by atoms with E-state index in [0.29, 0.717) is 5.75 Å². The Balaban J connectivity index is 1.66. The van der Waals surface area contributed by atoms with Crippen molar-refractivity contribution in [3.63, 3.8) is 0 Å². The number of anilines is 1. The third-order valence-electron chi connectivity index (χ3n) is 5.03. The van der Waals surface area contributed by atoms with E-state index in [9.17, 15) is 8.42 Å². The number of amidine groups is 1. The summed E-state index contributed by atoms with van der Waals surface area (Å²) in [5.74, 6) is 0.992. The highest BCUT2D eigenvalue weighted by atomic mass is 35.5. The molecule has 0 saturated carbocycles. The molecule has 0 radical (unpaired) electrons. The molecule has 2 aromatic carbocycles. The molecular weight excluding hydrogens is 400 g/mol. The van der Waals surface area contributed by atoms with Crippen LogP contribution in [0.4, 0.5) is 5.69 Å². The minimum Gasteiger partial charge on any atom is -0.315 e. The highest BCUT2D eigenvalue weighted by Crippen LogP contribution is 2.37. The van der Waals surface area contributed by atoms with E-state index in [2.05, 4.69) is 36.9 Å². The molecule has 1 fully saturated rings. The summed E-state index contributed by atoms with van der Waals surface area (Å²) >= 11 is 7.91. The van der Waals surface area contributed by atoms with Crippen LogP contribution >= 0.6 is 23.4 Å². The molecule has 2 atom stereocenters. The number of fused-ring (bicyclic) bond motifs is 1. The van der Waals surface area contributed by atoms with Crippen LogP contribution in [0.25, 0.3) is 0 Å². The maximum Gasteiger partial charge on any atom is 0.164 e. The van der Waals surface area contributed by atoms with Gasteiger partial charge in [0.2, 0.25) is 0 Å². The first kappa shape index (κ1) is 18.8. The van der Waals surface area contributed by atoms with E-state index in [0.717, 1.165) is 27.0 Å². The zero-order chi connectivity index (χ0) is 19.2. The molecule has 0 amide bonds. The Morgan fingerprint density at radius 2 is 1.96 bits per heavy atom. The third-order valence-corrected chi connectivity index (χ3v) is 8.12. The summed E-state index contributed by atoms with van der Waals surface area (Å²) in [5.41, 5.74) is 4.41. The Bertz CT molecular complexity index is 1020. The van der Waals surface area contributed by atoms with Crippen molar-refractivity contribution >= 4 is 44.1 Å². The lowest BCUT2D eigenvalue weighted by atomic mass is 10.1. The number of sulfone groups is 1. The van der Waals surface area contributed by atoms with Crippen LogP contribution in [0.1, 0.15) is 16.7 Å². The van der Waals surface area contributed by atoms with E-state index in [-0.39, 0.29) is 23.6 Å². The highest BCUT2D eigenvalue weighted by molar-refractivity contribution is 8.13. The summed E-state index contributed by atoms with van der Waals surface area (Å²) in [6, 6.07) is 13.7. The Labute approximate surface area is 169 Å². The van der Waals surface area contributed by atoms with Gasteiger partial charge in [0.1, 0.15) is 0 Å². The lowest BCUT2D eigenvalue weighted by Gasteiger charge is -2.28. The topological polar surface area (TPSA) is 49.7 Å². The number of hydrogen-bond donors (Lipinski definition) is 0. The summed E-state index contributed by atoms with van der Waals surface area (Å²) in [6.07, 6.45) is 0. The lowest BCUT2D eigenvalue weighted by Crippen LogP contribution is -2.39. The summed E-state index contributed by atoms with van der Waals surface area (Å²) in [6.45, 7) is 4.13. The summed E-state index contributed by atoms with van der Waals surface area (Å²) in [4.78, 5) is 6.93. The molecule has 2 aliphatic rings. The van der Waals surface area contributed by atoms with Crippen molar-refractivity contribution in [1.82, 2.24) is 0 Å². The molecular formula is C20H21ClN2O2S2. The Hall–Kier alpha value is -1.50. The third kappa shape index (κ3) is 3.75. The minimum atomic E-state index is -3.04. The van der Waals surface area contributed by atoms with Crippen LogP contribution in [0, 0.1) is 13.8 Å². The fourth-order valence-electron chi connectivity index (χ4n) is 3.75. The molecule has 1 saturated heterocycles. The van der Waals surface area contributed by atoms with Gasteiger partial charge in [-0.2, -0.15) is 0 Å². The minimum absolute atomic E-state index is 0.120. The van der Waals surface area contributed by atoms with Crippen LogP contribution in [-0.4, -0.2) is 37.2 Å². The zero-order valence-electron chi connectivity index (χ0n) is 15.2. The van der Waals surface area contributed by atoms with Gasteiger partial charge in [-0.25, -0.2) is 8.42 Å². The number of benzene rings is 2. The van der Waals surface area contributed by atoms with E-state index in [4.69, 9.17) is 16.6 Å². The summed E-state index contributed by atoms with van der Waals surface area (Å²) in [5, 5.41) is 1.62. The number of aliphatic imine (C=N–C) groups is 1. The molecule has 142 valence electrons. The molecule has 0 aliphatic carbocycles. The monoisotopic (exact) mass is 420 g/mol. The van der Waals surface area contributed by atoms with Gasteiger partial charge in [0, 0.05) is 16.5 Å². The van der Waals surface area contributed by atoms with Crippen LogP contribution in [0.5, 0.6) is 0 Å². The van der Waals surface area contributed by atoms with Crippen molar-refractivity contribution in [3.8, 4) is 0 Å². The smallest absolute Gasteiger partial charge is 0.164 e. The molecule has 4 rings (SSSR count). The fraction of sp³-hybridized carbons (Fsp3) is 0.350.